The summed E-state index contributed by atoms with van der Waals surface area (Å²) in [5, 5.41) is 10.6. The van der Waals surface area contributed by atoms with Crippen molar-refractivity contribution < 1.29 is 18.0 Å². The molecule has 2 aromatic heterocycles. The van der Waals surface area contributed by atoms with Gasteiger partial charge < -0.3 is 5.32 Å². The van der Waals surface area contributed by atoms with Gasteiger partial charge >= 0.3 is 6.18 Å². The molecule has 6 nitrogen and oxygen atoms in total. The van der Waals surface area contributed by atoms with E-state index in [0.29, 0.717) is 38.2 Å². The second-order valence-corrected chi connectivity index (χ2v) is 6.60. The molecule has 9 heteroatoms. The van der Waals surface area contributed by atoms with Gasteiger partial charge in [-0.1, -0.05) is 0 Å². The number of carbonyl (C=O) groups is 1. The normalized spacial score (nSPS) is 14.6. The van der Waals surface area contributed by atoms with Gasteiger partial charge in [-0.3, -0.25) is 14.2 Å². The van der Waals surface area contributed by atoms with E-state index in [1.165, 1.54) is 4.68 Å². The van der Waals surface area contributed by atoms with Gasteiger partial charge in [-0.25, -0.2) is 0 Å². The number of rotatable bonds is 8. The van der Waals surface area contributed by atoms with Crippen LogP contribution in [0.4, 0.5) is 13.2 Å². The molecule has 1 amide bonds. The van der Waals surface area contributed by atoms with E-state index in [-0.39, 0.29) is 11.8 Å². The van der Waals surface area contributed by atoms with E-state index < -0.39 is 11.9 Å². The fraction of sp³-hybridized carbons (Fsp3) is 0.588. The summed E-state index contributed by atoms with van der Waals surface area (Å²) in [4.78, 5) is 11.9. The minimum Gasteiger partial charge on any atom is -0.356 e. The molecule has 1 aliphatic carbocycles. The van der Waals surface area contributed by atoms with Crippen molar-refractivity contribution in [1.82, 2.24) is 24.9 Å². The molecule has 1 aliphatic rings. The Morgan fingerprint density at radius 2 is 2.08 bits per heavy atom. The molecule has 0 aliphatic heterocycles. The van der Waals surface area contributed by atoms with Gasteiger partial charge in [0.05, 0.1) is 0 Å². The molecule has 1 N–H and O–H groups in total. The van der Waals surface area contributed by atoms with Crippen molar-refractivity contribution in [2.75, 3.05) is 6.54 Å². The van der Waals surface area contributed by atoms with Crippen molar-refractivity contribution in [3.8, 4) is 0 Å². The van der Waals surface area contributed by atoms with Gasteiger partial charge in [0.2, 0.25) is 5.91 Å². The summed E-state index contributed by atoms with van der Waals surface area (Å²) in [5.74, 6) is 0.0873. The second kappa shape index (κ2) is 7.51. The number of hydrogen-bond acceptors (Lipinski definition) is 3. The number of nitrogens with zero attached hydrogens (tertiary/aromatic N) is 4. The lowest BCUT2D eigenvalue weighted by Crippen LogP contribution is -2.26. The fourth-order valence-corrected chi connectivity index (χ4v) is 2.84. The maximum absolute atomic E-state index is 12.8. The number of amides is 1. The second-order valence-electron chi connectivity index (χ2n) is 6.60. The molecule has 3 rings (SSSR count). The highest BCUT2D eigenvalue weighted by Gasteiger charge is 2.37. The first-order chi connectivity index (χ1) is 12.3. The fourth-order valence-electron chi connectivity index (χ4n) is 2.84. The van der Waals surface area contributed by atoms with Crippen molar-refractivity contribution >= 4 is 5.91 Å². The van der Waals surface area contributed by atoms with Crippen molar-refractivity contribution in [2.24, 2.45) is 0 Å². The van der Waals surface area contributed by atoms with Crippen LogP contribution in [0.3, 0.4) is 0 Å². The van der Waals surface area contributed by atoms with Gasteiger partial charge in [0.25, 0.3) is 0 Å². The highest BCUT2D eigenvalue weighted by atomic mass is 19.4. The van der Waals surface area contributed by atoms with Gasteiger partial charge in [0.1, 0.15) is 0 Å². The van der Waals surface area contributed by atoms with Crippen LogP contribution in [-0.4, -0.2) is 32.0 Å². The highest BCUT2D eigenvalue weighted by molar-refractivity contribution is 5.75. The number of alkyl halides is 3. The molecule has 1 fully saturated rings. The van der Waals surface area contributed by atoms with E-state index in [2.05, 4.69) is 15.5 Å². The standard InChI is InChI=1S/C17H22F3N5O/c1-12-5-8-22-24(12)10-6-16(26)21-7-2-9-25-14(13-3-4-13)11-15(23-25)17(18,19)20/h5,8,11,13H,2-4,6-7,9-10H2,1H3,(H,21,26). The predicted molar refractivity (Wildman–Crippen MR) is 88.4 cm³/mol. The summed E-state index contributed by atoms with van der Waals surface area (Å²) in [6.07, 6.45) is -0.0715. The van der Waals surface area contributed by atoms with E-state index in [0.717, 1.165) is 24.6 Å². The van der Waals surface area contributed by atoms with Crippen molar-refractivity contribution in [1.29, 1.82) is 0 Å². The number of halogens is 3. The number of aryl methyl sites for hydroxylation is 3. The quantitative estimate of drug-likeness (QED) is 0.728. The minimum atomic E-state index is -4.42. The molecule has 26 heavy (non-hydrogen) atoms. The van der Waals surface area contributed by atoms with E-state index >= 15 is 0 Å². The first-order valence-corrected chi connectivity index (χ1v) is 8.74. The SMILES string of the molecule is Cc1ccnn1CCC(=O)NCCCn1nc(C(F)(F)F)cc1C1CC1. The van der Waals surface area contributed by atoms with Crippen LogP contribution in [-0.2, 0) is 24.1 Å². The zero-order valence-corrected chi connectivity index (χ0v) is 14.6. The maximum Gasteiger partial charge on any atom is 0.435 e. The van der Waals surface area contributed by atoms with Crippen molar-refractivity contribution in [3.05, 3.63) is 35.4 Å². The zero-order valence-electron chi connectivity index (χ0n) is 14.6. The zero-order chi connectivity index (χ0) is 18.7. The number of nitrogens with one attached hydrogen (secondary N) is 1. The molecule has 142 valence electrons. The molecular weight excluding hydrogens is 347 g/mol. The molecular formula is C17H22F3N5O. The summed E-state index contributed by atoms with van der Waals surface area (Å²) >= 11 is 0. The Balaban J connectivity index is 1.44. The highest BCUT2D eigenvalue weighted by Crippen LogP contribution is 2.42. The monoisotopic (exact) mass is 369 g/mol. The van der Waals surface area contributed by atoms with Crippen LogP contribution in [0.5, 0.6) is 0 Å². The molecule has 0 atom stereocenters. The molecule has 2 aromatic rings. The lowest BCUT2D eigenvalue weighted by Gasteiger charge is -2.09. The van der Waals surface area contributed by atoms with Crippen LogP contribution in [0.25, 0.3) is 0 Å². The Labute approximate surface area is 149 Å². The van der Waals surface area contributed by atoms with Crippen LogP contribution in [0, 0.1) is 6.92 Å². The lowest BCUT2D eigenvalue weighted by molar-refractivity contribution is -0.141. The third-order valence-electron chi connectivity index (χ3n) is 4.45. The average Bonchev–Trinajstić information content (AvgIpc) is 3.19. The van der Waals surface area contributed by atoms with Crippen LogP contribution in [0.2, 0.25) is 0 Å². The van der Waals surface area contributed by atoms with Gasteiger partial charge in [-0.05, 0) is 38.3 Å². The van der Waals surface area contributed by atoms with E-state index in [1.54, 1.807) is 10.9 Å². The third-order valence-corrected chi connectivity index (χ3v) is 4.45. The molecule has 0 saturated heterocycles. The van der Waals surface area contributed by atoms with Crippen LogP contribution >= 0.6 is 0 Å². The summed E-state index contributed by atoms with van der Waals surface area (Å²) in [7, 11) is 0. The summed E-state index contributed by atoms with van der Waals surface area (Å²) in [6, 6.07) is 3.03. The molecule has 2 heterocycles. The van der Waals surface area contributed by atoms with Crippen molar-refractivity contribution in [2.45, 2.75) is 57.8 Å². The molecule has 1 saturated carbocycles. The Bertz CT molecular complexity index is 761. The van der Waals surface area contributed by atoms with Gasteiger partial charge in [0.15, 0.2) is 5.69 Å². The largest absolute Gasteiger partial charge is 0.435 e. The van der Waals surface area contributed by atoms with E-state index in [4.69, 9.17) is 0 Å². The van der Waals surface area contributed by atoms with E-state index in [9.17, 15) is 18.0 Å². The molecule has 0 spiro atoms. The lowest BCUT2D eigenvalue weighted by atomic mass is 10.2. The number of carbonyl (C=O) groups excluding carboxylic acids is 1. The maximum atomic E-state index is 12.8. The van der Waals surface area contributed by atoms with Crippen molar-refractivity contribution in [3.63, 3.8) is 0 Å². The Hall–Kier alpha value is -2.32. The summed E-state index contributed by atoms with van der Waals surface area (Å²) in [5.41, 5.74) is 0.806. The smallest absolute Gasteiger partial charge is 0.356 e. The van der Waals surface area contributed by atoms with Crippen LogP contribution < -0.4 is 5.32 Å². The van der Waals surface area contributed by atoms with E-state index in [1.807, 2.05) is 13.0 Å². The molecule has 0 bridgehead atoms. The van der Waals surface area contributed by atoms with Gasteiger partial charge in [-0.15, -0.1) is 0 Å². The summed E-state index contributed by atoms with van der Waals surface area (Å²) in [6.45, 7) is 3.19. The Kier molecular flexibility index (Phi) is 5.33. The predicted octanol–water partition coefficient (Wildman–Crippen LogP) is 2.88. The number of aromatic nitrogens is 4. The number of hydrogen-bond donors (Lipinski definition) is 1. The Morgan fingerprint density at radius 1 is 1.31 bits per heavy atom. The van der Waals surface area contributed by atoms with Crippen LogP contribution in [0.1, 0.15) is 48.7 Å². The Morgan fingerprint density at radius 3 is 2.69 bits per heavy atom. The average molecular weight is 369 g/mol. The van der Waals surface area contributed by atoms with Crippen LogP contribution in [0.15, 0.2) is 18.3 Å². The third kappa shape index (κ3) is 4.64. The van der Waals surface area contributed by atoms with Gasteiger partial charge in [0, 0.05) is 49.6 Å². The molecule has 0 aromatic carbocycles. The van der Waals surface area contributed by atoms with Gasteiger partial charge in [-0.2, -0.15) is 23.4 Å². The summed E-state index contributed by atoms with van der Waals surface area (Å²) < 4.78 is 41.7. The molecule has 0 unspecified atom stereocenters. The topological polar surface area (TPSA) is 64.7 Å². The molecule has 0 radical (unpaired) electrons. The first kappa shape index (κ1) is 18.5. The first-order valence-electron chi connectivity index (χ1n) is 8.74. The minimum absolute atomic E-state index is 0.0984.